The third-order valence-corrected chi connectivity index (χ3v) is 3.66. The summed E-state index contributed by atoms with van der Waals surface area (Å²) in [4.78, 5) is 4.38. The topological polar surface area (TPSA) is 12.9 Å². The van der Waals surface area contributed by atoms with Crippen molar-refractivity contribution in [3.05, 3.63) is 38.9 Å². The summed E-state index contributed by atoms with van der Waals surface area (Å²) in [5.41, 5.74) is 2.25. The van der Waals surface area contributed by atoms with Crippen LogP contribution in [-0.4, -0.2) is 4.98 Å². The number of rotatable bonds is 1. The third kappa shape index (κ3) is 2.02. The van der Waals surface area contributed by atoms with Crippen LogP contribution < -0.4 is 0 Å². The van der Waals surface area contributed by atoms with Crippen molar-refractivity contribution in [3.8, 4) is 0 Å². The van der Waals surface area contributed by atoms with Crippen LogP contribution in [0.1, 0.15) is 5.56 Å². The molecule has 0 amide bonds. The van der Waals surface area contributed by atoms with E-state index in [1.54, 1.807) is 0 Å². The smallest absolute Gasteiger partial charge is 0.107 e. The van der Waals surface area contributed by atoms with E-state index in [1.807, 2.05) is 12.1 Å². The molecule has 4 heteroatoms. The van der Waals surface area contributed by atoms with E-state index in [4.69, 9.17) is 0 Å². The zero-order valence-corrected chi connectivity index (χ0v) is 11.9. The summed E-state index contributed by atoms with van der Waals surface area (Å²) in [5, 5.41) is 2.01. The first-order chi connectivity index (χ1) is 6.70. The molecule has 72 valence electrons. The van der Waals surface area contributed by atoms with Gasteiger partial charge in [0.05, 0.1) is 5.52 Å². The molecule has 0 saturated carbocycles. The number of hydrogen-bond donors (Lipinski definition) is 0. The molecular weight excluding hydrogens is 374 g/mol. The average Bonchev–Trinajstić information content (AvgIpc) is 2.17. The first-order valence-electron chi connectivity index (χ1n) is 4.01. The van der Waals surface area contributed by atoms with Crippen LogP contribution in [0.5, 0.6) is 0 Å². The van der Waals surface area contributed by atoms with Gasteiger partial charge in [-0.2, -0.15) is 0 Å². The minimum atomic E-state index is 0.850. The number of benzene rings is 1. The normalized spacial score (nSPS) is 10.8. The molecule has 0 fully saturated rings. The maximum atomic E-state index is 4.38. The van der Waals surface area contributed by atoms with Gasteiger partial charge in [0.1, 0.15) is 4.60 Å². The maximum absolute atomic E-state index is 4.38. The SMILES string of the molecule is BrCc1ccc2nc(Br)cc(Br)c2c1. The van der Waals surface area contributed by atoms with Gasteiger partial charge < -0.3 is 0 Å². The molecule has 0 saturated heterocycles. The molecule has 0 aliphatic carbocycles. The van der Waals surface area contributed by atoms with E-state index in [1.165, 1.54) is 5.56 Å². The fourth-order valence-corrected chi connectivity index (χ4v) is 2.90. The van der Waals surface area contributed by atoms with Gasteiger partial charge in [-0.25, -0.2) is 4.98 Å². The Kier molecular flexibility index (Phi) is 3.24. The van der Waals surface area contributed by atoms with Crippen LogP contribution in [0.15, 0.2) is 33.3 Å². The monoisotopic (exact) mass is 377 g/mol. The summed E-state index contributed by atoms with van der Waals surface area (Å²) in [6.45, 7) is 0. The molecule has 0 atom stereocenters. The molecule has 0 bridgehead atoms. The molecule has 2 rings (SSSR count). The lowest BCUT2D eigenvalue weighted by Crippen LogP contribution is -1.84. The molecule has 1 nitrogen and oxygen atoms in total. The van der Waals surface area contributed by atoms with Crippen LogP contribution in [0.25, 0.3) is 10.9 Å². The number of halogens is 3. The molecule has 0 aliphatic rings. The van der Waals surface area contributed by atoms with Crippen LogP contribution in [0.3, 0.4) is 0 Å². The molecule has 1 aromatic heterocycles. The van der Waals surface area contributed by atoms with Crippen LogP contribution in [0.2, 0.25) is 0 Å². The number of nitrogens with zero attached hydrogens (tertiary/aromatic N) is 1. The first kappa shape index (κ1) is 10.6. The minimum absolute atomic E-state index is 0.850. The van der Waals surface area contributed by atoms with Crippen molar-refractivity contribution >= 4 is 58.7 Å². The molecule has 0 unspecified atom stereocenters. The summed E-state index contributed by atoms with van der Waals surface area (Å²) in [6, 6.07) is 8.19. The molecule has 0 radical (unpaired) electrons. The van der Waals surface area contributed by atoms with E-state index in [2.05, 4.69) is 64.9 Å². The minimum Gasteiger partial charge on any atom is -0.241 e. The lowest BCUT2D eigenvalue weighted by atomic mass is 10.1. The van der Waals surface area contributed by atoms with E-state index >= 15 is 0 Å². The van der Waals surface area contributed by atoms with E-state index in [-0.39, 0.29) is 0 Å². The lowest BCUT2D eigenvalue weighted by Gasteiger charge is -2.03. The average molecular weight is 380 g/mol. The molecule has 2 aromatic rings. The molecular formula is C10H6Br3N. The van der Waals surface area contributed by atoms with Crippen molar-refractivity contribution in [2.75, 3.05) is 0 Å². The van der Waals surface area contributed by atoms with Crippen molar-refractivity contribution in [1.29, 1.82) is 0 Å². The van der Waals surface area contributed by atoms with Crippen molar-refractivity contribution in [2.45, 2.75) is 5.33 Å². The van der Waals surface area contributed by atoms with Crippen LogP contribution in [0, 0.1) is 0 Å². The fraction of sp³-hybridized carbons (Fsp3) is 0.100. The number of pyridine rings is 1. The zero-order chi connectivity index (χ0) is 10.1. The number of fused-ring (bicyclic) bond motifs is 1. The van der Waals surface area contributed by atoms with Gasteiger partial charge in [-0.15, -0.1) is 0 Å². The summed E-state index contributed by atoms with van der Waals surface area (Å²) >= 11 is 10.3. The standard InChI is InChI=1S/C10H6Br3N/c11-5-6-1-2-9-7(3-6)8(12)4-10(13)14-9/h1-4H,5H2. The van der Waals surface area contributed by atoms with Gasteiger partial charge in [-0.3, -0.25) is 0 Å². The van der Waals surface area contributed by atoms with E-state index in [0.717, 1.165) is 25.3 Å². The Bertz CT molecular complexity index is 482. The van der Waals surface area contributed by atoms with Crippen LogP contribution >= 0.6 is 47.8 Å². The highest BCUT2D eigenvalue weighted by molar-refractivity contribution is 9.11. The van der Waals surface area contributed by atoms with Gasteiger partial charge in [0.25, 0.3) is 0 Å². The summed E-state index contributed by atoms with van der Waals surface area (Å²) in [5.74, 6) is 0. The molecule has 0 N–H and O–H groups in total. The second-order valence-corrected chi connectivity index (χ2v) is 5.14. The zero-order valence-electron chi connectivity index (χ0n) is 7.10. The van der Waals surface area contributed by atoms with Crippen molar-refractivity contribution in [1.82, 2.24) is 4.98 Å². The van der Waals surface area contributed by atoms with Crippen molar-refractivity contribution in [3.63, 3.8) is 0 Å². The van der Waals surface area contributed by atoms with Gasteiger partial charge in [-0.1, -0.05) is 22.0 Å². The highest BCUT2D eigenvalue weighted by Gasteiger charge is 2.02. The van der Waals surface area contributed by atoms with Gasteiger partial charge in [-0.05, 0) is 55.6 Å². The number of hydrogen-bond acceptors (Lipinski definition) is 1. The Morgan fingerprint density at radius 1 is 1.14 bits per heavy atom. The Labute approximate surface area is 107 Å². The summed E-state index contributed by atoms with van der Waals surface area (Å²) in [6.07, 6.45) is 0. The van der Waals surface area contributed by atoms with E-state index in [9.17, 15) is 0 Å². The van der Waals surface area contributed by atoms with Crippen LogP contribution in [-0.2, 0) is 5.33 Å². The summed E-state index contributed by atoms with van der Waals surface area (Å²) in [7, 11) is 0. The molecule has 0 spiro atoms. The van der Waals surface area contributed by atoms with Gasteiger partial charge in [0.2, 0.25) is 0 Å². The quantitative estimate of drug-likeness (QED) is 0.519. The molecule has 1 heterocycles. The molecule has 14 heavy (non-hydrogen) atoms. The highest BCUT2D eigenvalue weighted by Crippen LogP contribution is 2.27. The molecule has 1 aromatic carbocycles. The Hall–Kier alpha value is 0.0700. The Morgan fingerprint density at radius 3 is 2.64 bits per heavy atom. The predicted molar refractivity (Wildman–Crippen MR) is 69.8 cm³/mol. The lowest BCUT2D eigenvalue weighted by molar-refractivity contribution is 1.33. The fourth-order valence-electron chi connectivity index (χ4n) is 1.28. The summed E-state index contributed by atoms with van der Waals surface area (Å²) < 4.78 is 1.92. The molecule has 0 aliphatic heterocycles. The van der Waals surface area contributed by atoms with Gasteiger partial charge in [0.15, 0.2) is 0 Å². The largest absolute Gasteiger partial charge is 0.241 e. The second kappa shape index (κ2) is 4.29. The van der Waals surface area contributed by atoms with Gasteiger partial charge >= 0.3 is 0 Å². The second-order valence-electron chi connectivity index (χ2n) is 2.91. The number of alkyl halides is 1. The van der Waals surface area contributed by atoms with E-state index < -0.39 is 0 Å². The highest BCUT2D eigenvalue weighted by atomic mass is 79.9. The van der Waals surface area contributed by atoms with Crippen molar-refractivity contribution < 1.29 is 0 Å². The van der Waals surface area contributed by atoms with Crippen molar-refractivity contribution in [2.24, 2.45) is 0 Å². The van der Waals surface area contributed by atoms with E-state index in [0.29, 0.717) is 0 Å². The van der Waals surface area contributed by atoms with Crippen LogP contribution in [0.4, 0.5) is 0 Å². The Morgan fingerprint density at radius 2 is 1.93 bits per heavy atom. The maximum Gasteiger partial charge on any atom is 0.107 e. The Balaban J connectivity index is 2.75. The van der Waals surface area contributed by atoms with Gasteiger partial charge in [0, 0.05) is 15.2 Å². The number of aromatic nitrogens is 1. The predicted octanol–water partition coefficient (Wildman–Crippen LogP) is 4.65. The third-order valence-electron chi connectivity index (χ3n) is 1.95. The first-order valence-corrected chi connectivity index (χ1v) is 6.72.